The molecular formula is C19H21BrN2O3. The normalized spacial score (nSPS) is 11.5. The van der Waals surface area contributed by atoms with E-state index in [9.17, 15) is 9.59 Å². The minimum absolute atomic E-state index is 0.130. The number of nitrogens with one attached hydrogen (secondary N) is 2. The smallest absolute Gasteiger partial charge is 0.251 e. The Labute approximate surface area is 155 Å². The molecule has 132 valence electrons. The molecule has 2 N–H and O–H groups in total. The summed E-state index contributed by atoms with van der Waals surface area (Å²) in [4.78, 5) is 24.1. The lowest BCUT2D eigenvalue weighted by molar-refractivity contribution is -0.121. The summed E-state index contributed by atoms with van der Waals surface area (Å²) in [5.74, 6) is 0.409. The molecule has 0 heterocycles. The van der Waals surface area contributed by atoms with Crippen molar-refractivity contribution >= 4 is 27.7 Å². The molecule has 0 aliphatic carbocycles. The van der Waals surface area contributed by atoms with Gasteiger partial charge in [0.25, 0.3) is 5.91 Å². The van der Waals surface area contributed by atoms with Crippen molar-refractivity contribution in [1.29, 1.82) is 0 Å². The quantitative estimate of drug-likeness (QED) is 0.742. The van der Waals surface area contributed by atoms with Gasteiger partial charge in [-0.2, -0.15) is 0 Å². The highest BCUT2D eigenvalue weighted by atomic mass is 79.9. The first kappa shape index (κ1) is 19.0. The second-order valence-corrected chi connectivity index (χ2v) is 6.46. The van der Waals surface area contributed by atoms with Gasteiger partial charge in [-0.15, -0.1) is 0 Å². The van der Waals surface area contributed by atoms with E-state index in [1.54, 1.807) is 31.4 Å². The average Bonchev–Trinajstić information content (AvgIpc) is 2.62. The van der Waals surface area contributed by atoms with Gasteiger partial charge in [-0.3, -0.25) is 9.59 Å². The summed E-state index contributed by atoms with van der Waals surface area (Å²) < 4.78 is 6.22. The van der Waals surface area contributed by atoms with Crippen molar-refractivity contribution in [2.75, 3.05) is 13.7 Å². The monoisotopic (exact) mass is 404 g/mol. The average molecular weight is 405 g/mol. The van der Waals surface area contributed by atoms with Gasteiger partial charge in [0, 0.05) is 28.6 Å². The van der Waals surface area contributed by atoms with Crippen LogP contribution in [0.2, 0.25) is 0 Å². The molecule has 0 fully saturated rings. The molecule has 0 aliphatic heterocycles. The van der Waals surface area contributed by atoms with Crippen LogP contribution < -0.4 is 15.4 Å². The highest BCUT2D eigenvalue weighted by Crippen LogP contribution is 2.24. The van der Waals surface area contributed by atoms with E-state index in [2.05, 4.69) is 26.6 Å². The lowest BCUT2D eigenvalue weighted by Crippen LogP contribution is -2.32. The molecule has 2 aromatic rings. The van der Waals surface area contributed by atoms with Gasteiger partial charge < -0.3 is 15.4 Å². The molecule has 1 unspecified atom stereocenters. The molecular weight excluding hydrogens is 384 g/mol. The van der Waals surface area contributed by atoms with Gasteiger partial charge in [0.2, 0.25) is 5.91 Å². The number of para-hydroxylation sites is 1. The van der Waals surface area contributed by atoms with Crippen LogP contribution in [0, 0.1) is 0 Å². The van der Waals surface area contributed by atoms with Crippen LogP contribution in [-0.2, 0) is 4.79 Å². The van der Waals surface area contributed by atoms with Gasteiger partial charge in [-0.05, 0) is 37.3 Å². The minimum atomic E-state index is -0.196. The van der Waals surface area contributed by atoms with Gasteiger partial charge in [0.15, 0.2) is 0 Å². The number of halogens is 1. The molecule has 5 nitrogen and oxygen atoms in total. The molecule has 0 bridgehead atoms. The molecule has 0 aromatic heterocycles. The SMILES string of the molecule is COc1ccccc1C(C)NC(=O)CCNC(=O)c1ccc(Br)cc1. The Kier molecular flexibility index (Phi) is 7.01. The van der Waals surface area contributed by atoms with Crippen LogP contribution >= 0.6 is 15.9 Å². The predicted molar refractivity (Wildman–Crippen MR) is 101 cm³/mol. The number of rotatable bonds is 7. The molecule has 0 spiro atoms. The lowest BCUT2D eigenvalue weighted by atomic mass is 10.1. The van der Waals surface area contributed by atoms with Crippen LogP contribution in [0.5, 0.6) is 5.75 Å². The molecule has 2 rings (SSSR count). The molecule has 0 saturated heterocycles. The van der Waals surface area contributed by atoms with Crippen LogP contribution in [-0.4, -0.2) is 25.5 Å². The van der Waals surface area contributed by atoms with Crippen molar-refractivity contribution in [3.63, 3.8) is 0 Å². The third-order valence-corrected chi connectivity index (χ3v) is 4.26. The maximum absolute atomic E-state index is 12.1. The Balaban J connectivity index is 1.80. The van der Waals surface area contributed by atoms with Crippen molar-refractivity contribution < 1.29 is 14.3 Å². The predicted octanol–water partition coefficient (Wildman–Crippen LogP) is 3.46. The highest BCUT2D eigenvalue weighted by molar-refractivity contribution is 9.10. The summed E-state index contributed by atoms with van der Waals surface area (Å²) in [5, 5.41) is 5.66. The van der Waals surface area contributed by atoms with Crippen molar-refractivity contribution in [2.45, 2.75) is 19.4 Å². The van der Waals surface area contributed by atoms with Crippen LogP contribution in [0.1, 0.15) is 35.3 Å². The van der Waals surface area contributed by atoms with Crippen LogP contribution in [0.25, 0.3) is 0 Å². The van der Waals surface area contributed by atoms with Crippen LogP contribution in [0.15, 0.2) is 53.0 Å². The molecule has 0 radical (unpaired) electrons. The zero-order valence-electron chi connectivity index (χ0n) is 14.2. The summed E-state index contributed by atoms with van der Waals surface area (Å²) in [6.07, 6.45) is 0.210. The van der Waals surface area contributed by atoms with Crippen molar-refractivity contribution in [3.05, 3.63) is 64.1 Å². The molecule has 0 saturated carbocycles. The van der Waals surface area contributed by atoms with E-state index in [1.165, 1.54) is 0 Å². The summed E-state index contributed by atoms with van der Waals surface area (Å²) in [5.41, 5.74) is 1.48. The van der Waals surface area contributed by atoms with Gasteiger partial charge in [-0.1, -0.05) is 34.1 Å². The fourth-order valence-corrected chi connectivity index (χ4v) is 2.67. The van der Waals surface area contributed by atoms with Gasteiger partial charge in [0.05, 0.1) is 13.2 Å². The Morgan fingerprint density at radius 2 is 1.80 bits per heavy atom. The van der Waals surface area contributed by atoms with Gasteiger partial charge in [-0.25, -0.2) is 0 Å². The number of amides is 2. The number of ether oxygens (including phenoxy) is 1. The Hall–Kier alpha value is -2.34. The van der Waals surface area contributed by atoms with E-state index < -0.39 is 0 Å². The van der Waals surface area contributed by atoms with E-state index >= 15 is 0 Å². The fourth-order valence-electron chi connectivity index (χ4n) is 2.41. The first-order chi connectivity index (χ1) is 12.0. The van der Waals surface area contributed by atoms with E-state index in [-0.39, 0.29) is 30.8 Å². The molecule has 6 heteroatoms. The summed E-state index contributed by atoms with van der Waals surface area (Å²) in [7, 11) is 1.60. The van der Waals surface area contributed by atoms with E-state index in [1.807, 2.05) is 31.2 Å². The van der Waals surface area contributed by atoms with Crippen molar-refractivity contribution in [1.82, 2.24) is 10.6 Å². The second kappa shape index (κ2) is 9.22. The number of methoxy groups -OCH3 is 1. The maximum Gasteiger partial charge on any atom is 0.251 e. The molecule has 1 atom stereocenters. The number of carbonyl (C=O) groups is 2. The summed E-state index contributed by atoms with van der Waals surface area (Å²) in [6.45, 7) is 2.18. The Morgan fingerprint density at radius 3 is 2.48 bits per heavy atom. The van der Waals surface area contributed by atoms with Gasteiger partial charge in [0.1, 0.15) is 5.75 Å². The van der Waals surface area contributed by atoms with Crippen LogP contribution in [0.4, 0.5) is 0 Å². The first-order valence-corrected chi connectivity index (χ1v) is 8.76. The van der Waals surface area contributed by atoms with E-state index in [4.69, 9.17) is 4.74 Å². The van der Waals surface area contributed by atoms with Crippen molar-refractivity contribution in [2.24, 2.45) is 0 Å². The fraction of sp³-hybridized carbons (Fsp3) is 0.263. The Bertz CT molecular complexity index is 732. The summed E-state index contributed by atoms with van der Waals surface area (Å²) in [6, 6.07) is 14.4. The van der Waals surface area contributed by atoms with E-state index in [0.29, 0.717) is 5.56 Å². The largest absolute Gasteiger partial charge is 0.496 e. The van der Waals surface area contributed by atoms with Gasteiger partial charge >= 0.3 is 0 Å². The minimum Gasteiger partial charge on any atom is -0.496 e. The third kappa shape index (κ3) is 5.60. The number of hydrogen-bond acceptors (Lipinski definition) is 3. The number of benzene rings is 2. The lowest BCUT2D eigenvalue weighted by Gasteiger charge is -2.17. The molecule has 0 aliphatic rings. The highest BCUT2D eigenvalue weighted by Gasteiger charge is 2.13. The van der Waals surface area contributed by atoms with Crippen molar-refractivity contribution in [3.8, 4) is 5.75 Å². The second-order valence-electron chi connectivity index (χ2n) is 5.54. The summed E-state index contributed by atoms with van der Waals surface area (Å²) >= 11 is 3.33. The maximum atomic E-state index is 12.1. The van der Waals surface area contributed by atoms with Crippen LogP contribution in [0.3, 0.4) is 0 Å². The zero-order valence-corrected chi connectivity index (χ0v) is 15.8. The number of hydrogen-bond donors (Lipinski definition) is 2. The first-order valence-electron chi connectivity index (χ1n) is 7.97. The Morgan fingerprint density at radius 1 is 1.12 bits per heavy atom. The molecule has 25 heavy (non-hydrogen) atoms. The standard InChI is InChI=1S/C19H21BrN2O3/c1-13(16-5-3-4-6-17(16)25-2)22-18(23)11-12-21-19(24)14-7-9-15(20)10-8-14/h3-10,13H,11-12H2,1-2H3,(H,21,24)(H,22,23). The third-order valence-electron chi connectivity index (χ3n) is 3.73. The number of carbonyl (C=O) groups excluding carboxylic acids is 2. The van der Waals surface area contributed by atoms with E-state index in [0.717, 1.165) is 15.8 Å². The molecule has 2 amide bonds. The topological polar surface area (TPSA) is 67.4 Å². The molecule has 2 aromatic carbocycles. The zero-order chi connectivity index (χ0) is 18.2.